The van der Waals surface area contributed by atoms with Gasteiger partial charge in [-0.3, -0.25) is 14.4 Å². The molecule has 0 aromatic heterocycles. The first-order valence-electron chi connectivity index (χ1n) is 22.4. The van der Waals surface area contributed by atoms with E-state index in [0.717, 1.165) is 6.92 Å². The average molecular weight is 969 g/mol. The predicted molar refractivity (Wildman–Crippen MR) is 243 cm³/mol. The second-order valence-corrected chi connectivity index (χ2v) is 18.4. The van der Waals surface area contributed by atoms with E-state index in [0.29, 0.717) is 0 Å². The molecule has 0 amide bonds. The van der Waals surface area contributed by atoms with Gasteiger partial charge >= 0.3 is 41.8 Å². The Morgan fingerprint density at radius 2 is 0.900 bits per heavy atom. The Kier molecular flexibility index (Phi) is 17.3. The van der Waals surface area contributed by atoms with Crippen molar-refractivity contribution in [3.63, 3.8) is 0 Å². The number of ether oxygens (including phenoxy) is 10. The maximum Gasteiger partial charge on any atom is 0.338 e. The van der Waals surface area contributed by atoms with Crippen LogP contribution in [0, 0.1) is 10.8 Å². The summed E-state index contributed by atoms with van der Waals surface area (Å²) >= 11 is 0. The van der Waals surface area contributed by atoms with Crippen LogP contribution in [0.5, 0.6) is 0 Å². The van der Waals surface area contributed by atoms with Crippen LogP contribution in [0.2, 0.25) is 0 Å². The maximum atomic E-state index is 14.1. The summed E-state index contributed by atoms with van der Waals surface area (Å²) in [5.41, 5.74) is -1.86. The molecule has 0 bridgehead atoms. The Morgan fingerprint density at radius 1 is 0.486 bits per heavy atom. The van der Waals surface area contributed by atoms with E-state index in [-0.39, 0.29) is 22.3 Å². The van der Waals surface area contributed by atoms with Crippen molar-refractivity contribution in [3.05, 3.63) is 144 Å². The monoisotopic (exact) mass is 968 g/mol. The van der Waals surface area contributed by atoms with Crippen LogP contribution in [0.15, 0.2) is 121 Å². The molecule has 2 saturated heterocycles. The zero-order valence-corrected chi connectivity index (χ0v) is 39.6. The van der Waals surface area contributed by atoms with Crippen molar-refractivity contribution in [2.75, 3.05) is 13.2 Å². The van der Waals surface area contributed by atoms with Gasteiger partial charge in [-0.1, -0.05) is 72.8 Å². The lowest BCUT2D eigenvalue weighted by atomic mass is 9.97. The molecule has 70 heavy (non-hydrogen) atoms. The molecule has 4 aromatic rings. The van der Waals surface area contributed by atoms with Crippen molar-refractivity contribution >= 4 is 41.8 Å². The van der Waals surface area contributed by atoms with Crippen LogP contribution in [-0.2, 0) is 61.8 Å². The van der Waals surface area contributed by atoms with Crippen molar-refractivity contribution in [2.45, 2.75) is 110 Å². The average Bonchev–Trinajstić information content (AvgIpc) is 3.82. The first-order valence-corrected chi connectivity index (χ1v) is 22.4. The van der Waals surface area contributed by atoms with Crippen molar-refractivity contribution in [2.24, 2.45) is 10.8 Å². The lowest BCUT2D eigenvalue weighted by Gasteiger charge is -2.32. The van der Waals surface area contributed by atoms with Crippen LogP contribution in [0.3, 0.4) is 0 Å². The number of aliphatic hydroxyl groups is 1. The van der Waals surface area contributed by atoms with E-state index in [9.17, 15) is 38.7 Å². The predicted octanol–water partition coefficient (Wildman–Crippen LogP) is 5.83. The Hall–Kier alpha value is -6.99. The number of benzene rings is 4. The highest BCUT2D eigenvalue weighted by Gasteiger charge is 2.58. The lowest BCUT2D eigenvalue weighted by Crippen LogP contribution is -2.50. The Labute approximate surface area is 404 Å². The van der Waals surface area contributed by atoms with Crippen molar-refractivity contribution in [3.8, 4) is 0 Å². The van der Waals surface area contributed by atoms with E-state index in [1.807, 2.05) is 0 Å². The molecule has 18 nitrogen and oxygen atoms in total. The van der Waals surface area contributed by atoms with Gasteiger partial charge in [0.1, 0.15) is 31.5 Å². The summed E-state index contributed by atoms with van der Waals surface area (Å²) < 4.78 is 60.0. The number of hydrogen-bond acceptors (Lipinski definition) is 18. The Morgan fingerprint density at radius 3 is 1.37 bits per heavy atom. The molecule has 18 heteroatoms. The summed E-state index contributed by atoms with van der Waals surface area (Å²) in [7, 11) is 0. The van der Waals surface area contributed by atoms with E-state index in [1.165, 1.54) is 48.5 Å². The number of aliphatic hydroxyl groups excluding tert-OH is 1. The summed E-state index contributed by atoms with van der Waals surface area (Å²) in [5.74, 6) is -6.08. The highest BCUT2D eigenvalue weighted by Crippen LogP contribution is 2.37. The molecule has 6 rings (SSSR count). The molecule has 0 saturated carbocycles. The molecular weight excluding hydrogens is 913 g/mol. The van der Waals surface area contributed by atoms with Crippen LogP contribution >= 0.6 is 0 Å². The third-order valence-electron chi connectivity index (χ3n) is 10.8. The largest absolute Gasteiger partial charge is 0.462 e. The fourth-order valence-electron chi connectivity index (χ4n) is 7.11. The van der Waals surface area contributed by atoms with Gasteiger partial charge in [-0.2, -0.15) is 0 Å². The molecular formula is C52H56O18. The van der Waals surface area contributed by atoms with E-state index in [4.69, 9.17) is 47.4 Å². The minimum atomic E-state index is -1.94. The number of rotatable bonds is 17. The highest BCUT2D eigenvalue weighted by molar-refractivity contribution is 5.91. The fourth-order valence-corrected chi connectivity index (χ4v) is 7.11. The molecule has 0 spiro atoms. The summed E-state index contributed by atoms with van der Waals surface area (Å²) in [6, 6.07) is 31.2. The first kappa shape index (κ1) is 52.4. The normalized spacial score (nSPS) is 22.9. The Balaban J connectivity index is 1.47. The quantitative estimate of drug-likeness (QED) is 0.0969. The Bertz CT molecular complexity index is 2430. The molecule has 2 heterocycles. The van der Waals surface area contributed by atoms with E-state index in [2.05, 4.69) is 0 Å². The van der Waals surface area contributed by atoms with Gasteiger partial charge in [0.25, 0.3) is 0 Å². The molecule has 2 fully saturated rings. The molecule has 2 aliphatic rings. The minimum absolute atomic E-state index is 0.0398. The van der Waals surface area contributed by atoms with E-state index in [1.54, 1.807) is 114 Å². The highest BCUT2D eigenvalue weighted by atomic mass is 16.8. The lowest BCUT2D eigenvalue weighted by molar-refractivity contribution is -0.243. The number of esters is 7. The zero-order chi connectivity index (χ0) is 50.8. The van der Waals surface area contributed by atoms with Gasteiger partial charge in [0, 0.05) is 6.92 Å². The van der Waals surface area contributed by atoms with Gasteiger partial charge in [-0.15, -0.1) is 0 Å². The standard InChI is InChI=1S/C52H56O18/c1-30(53)63-39-37(66-47(58)41(39)70-50(60)52(5,6)7)36(29-62-49(59)51(2,3)4)65-48-42(68-46(57)34-26-18-11-19-27-34)40(67-45(56)33-24-16-10-17-25-33)38(69-48)35(64-44(55)32-22-14-9-15-23-32)28-61-43(54)31-20-12-8-13-21-31/h8-27,35-42,47-48,58H,28-29H2,1-7H3/t35-,36-,37+,38+,39+,40+,41-,42-,47?,48-/m1/s1. The zero-order valence-electron chi connectivity index (χ0n) is 39.6. The molecule has 4 aromatic carbocycles. The van der Waals surface area contributed by atoms with Gasteiger partial charge in [0.05, 0.1) is 33.1 Å². The second kappa shape index (κ2) is 23.1. The summed E-state index contributed by atoms with van der Waals surface area (Å²) in [6.45, 7) is 9.07. The van der Waals surface area contributed by atoms with Crippen molar-refractivity contribution in [1.82, 2.24) is 0 Å². The SMILES string of the molecule is CC(=O)O[C@H]1[C@H]([C@@H](COC(=O)C(C)(C)C)O[C@@H]2O[C@@H]([C@@H](COC(=O)c3ccccc3)OC(=O)c3ccccc3)[C@H](OC(=O)c3ccccc3)[C@H]2OC(=O)c2ccccc2)OC(O)[C@@H]1OC(=O)C(C)(C)C. The third kappa shape index (κ3) is 13.6. The summed E-state index contributed by atoms with van der Waals surface area (Å²) in [6.07, 6.45) is -17.3. The van der Waals surface area contributed by atoms with Crippen LogP contribution < -0.4 is 0 Å². The van der Waals surface area contributed by atoms with Crippen LogP contribution in [0.25, 0.3) is 0 Å². The molecule has 1 N–H and O–H groups in total. The second-order valence-electron chi connectivity index (χ2n) is 18.4. The summed E-state index contributed by atoms with van der Waals surface area (Å²) in [5, 5.41) is 11.3. The van der Waals surface area contributed by atoms with Crippen LogP contribution in [0.4, 0.5) is 0 Å². The van der Waals surface area contributed by atoms with Gasteiger partial charge in [0.15, 0.2) is 43.1 Å². The van der Waals surface area contributed by atoms with Gasteiger partial charge < -0.3 is 52.5 Å². The van der Waals surface area contributed by atoms with Gasteiger partial charge in [-0.25, -0.2) is 19.2 Å². The smallest absolute Gasteiger partial charge is 0.338 e. The van der Waals surface area contributed by atoms with E-state index >= 15 is 0 Å². The van der Waals surface area contributed by atoms with E-state index < -0.39 is 127 Å². The molecule has 0 aliphatic carbocycles. The molecule has 0 radical (unpaired) electrons. The molecule has 372 valence electrons. The number of carbonyl (C=O) groups excluding carboxylic acids is 7. The third-order valence-corrected chi connectivity index (χ3v) is 10.8. The van der Waals surface area contributed by atoms with Gasteiger partial charge in [0.2, 0.25) is 0 Å². The number of hydrogen-bond donors (Lipinski definition) is 1. The topological polar surface area (TPSA) is 232 Å². The molecule has 2 aliphatic heterocycles. The van der Waals surface area contributed by atoms with Gasteiger partial charge in [-0.05, 0) is 90.1 Å². The maximum absolute atomic E-state index is 14.1. The number of carbonyl (C=O) groups is 7. The minimum Gasteiger partial charge on any atom is -0.462 e. The van der Waals surface area contributed by atoms with Crippen molar-refractivity contribution < 1.29 is 86.0 Å². The van der Waals surface area contributed by atoms with Crippen molar-refractivity contribution in [1.29, 1.82) is 0 Å². The molecule has 10 atom stereocenters. The summed E-state index contributed by atoms with van der Waals surface area (Å²) in [4.78, 5) is 94.8. The first-order chi connectivity index (χ1) is 33.2. The van der Waals surface area contributed by atoms with Crippen LogP contribution in [-0.4, -0.2) is 122 Å². The molecule has 1 unspecified atom stereocenters. The fraction of sp³-hybridized carbons (Fsp3) is 0.404. The van der Waals surface area contributed by atoms with Crippen LogP contribution in [0.1, 0.15) is 89.9 Å².